The molecule has 0 aliphatic rings. The molecule has 0 amide bonds. The fourth-order valence-electron chi connectivity index (χ4n) is 1.92. The lowest BCUT2D eigenvalue weighted by molar-refractivity contribution is 0.144. The van der Waals surface area contributed by atoms with Crippen LogP contribution in [0.15, 0.2) is 84.9 Å². The van der Waals surface area contributed by atoms with Gasteiger partial charge >= 0.3 is 6.16 Å². The average Bonchev–Trinajstić information content (AvgIpc) is 2.57. The van der Waals surface area contributed by atoms with Crippen molar-refractivity contribution >= 4 is 6.16 Å². The van der Waals surface area contributed by atoms with Crippen LogP contribution >= 0.6 is 0 Å². The molecular formula is C19H16O4. The van der Waals surface area contributed by atoms with Crippen molar-refractivity contribution in [2.45, 2.75) is 0 Å². The van der Waals surface area contributed by atoms with E-state index < -0.39 is 6.16 Å². The number of hydrogen-bond donors (Lipinski definition) is 2. The van der Waals surface area contributed by atoms with Crippen molar-refractivity contribution in [2.24, 2.45) is 0 Å². The van der Waals surface area contributed by atoms with E-state index in [2.05, 4.69) is 4.74 Å². The van der Waals surface area contributed by atoms with E-state index in [0.29, 0.717) is 11.5 Å². The van der Waals surface area contributed by atoms with Gasteiger partial charge in [0.2, 0.25) is 0 Å². The fourth-order valence-corrected chi connectivity index (χ4v) is 1.92. The Kier molecular flexibility index (Phi) is 5.77. The molecule has 0 aromatic heterocycles. The first-order valence-corrected chi connectivity index (χ1v) is 6.96. The third-order valence-corrected chi connectivity index (χ3v) is 2.94. The number of phenolic OH excluding ortho intramolecular Hbond substituents is 1. The van der Waals surface area contributed by atoms with E-state index in [4.69, 9.17) is 5.11 Å². The predicted octanol–water partition coefficient (Wildman–Crippen LogP) is 4.80. The van der Waals surface area contributed by atoms with E-state index in [1.807, 2.05) is 48.5 Å². The highest BCUT2D eigenvalue weighted by Gasteiger charge is 2.00. The summed E-state index contributed by atoms with van der Waals surface area (Å²) < 4.78 is 4.33. The number of aromatic hydroxyl groups is 1. The maximum absolute atomic E-state index is 9.95. The standard InChI is InChI=1S/C12H10O.C7H6O3/c13-12-9-5-4-8-11(12)10-6-2-1-3-7-10;8-7(9)10-6-4-2-1-3-5-6/h1-9,13H;1-5H,(H,8,9). The molecule has 0 saturated heterocycles. The Morgan fingerprint density at radius 3 is 1.83 bits per heavy atom. The summed E-state index contributed by atoms with van der Waals surface area (Å²) in [6.45, 7) is 0. The van der Waals surface area contributed by atoms with Crippen molar-refractivity contribution in [3.8, 4) is 22.6 Å². The second kappa shape index (κ2) is 8.24. The van der Waals surface area contributed by atoms with Crippen molar-refractivity contribution in [3.05, 3.63) is 84.9 Å². The van der Waals surface area contributed by atoms with Crippen molar-refractivity contribution in [1.82, 2.24) is 0 Å². The van der Waals surface area contributed by atoms with Gasteiger partial charge in [-0.2, -0.15) is 0 Å². The lowest BCUT2D eigenvalue weighted by Gasteiger charge is -2.02. The minimum absolute atomic E-state index is 0.328. The first-order valence-electron chi connectivity index (χ1n) is 6.96. The molecule has 0 heterocycles. The molecule has 3 aromatic carbocycles. The van der Waals surface area contributed by atoms with Crippen LogP contribution in [0.1, 0.15) is 0 Å². The van der Waals surface area contributed by atoms with Crippen molar-refractivity contribution in [3.63, 3.8) is 0 Å². The van der Waals surface area contributed by atoms with Crippen molar-refractivity contribution in [1.29, 1.82) is 0 Å². The first-order chi connectivity index (χ1) is 11.2. The Balaban J connectivity index is 0.000000174. The van der Waals surface area contributed by atoms with Gasteiger partial charge in [-0.3, -0.25) is 0 Å². The molecule has 4 heteroatoms. The second-order valence-corrected chi connectivity index (χ2v) is 4.56. The van der Waals surface area contributed by atoms with E-state index in [1.165, 1.54) is 0 Å². The van der Waals surface area contributed by atoms with E-state index in [9.17, 15) is 9.90 Å². The summed E-state index contributed by atoms with van der Waals surface area (Å²) in [6.07, 6.45) is -1.29. The molecule has 23 heavy (non-hydrogen) atoms. The van der Waals surface area contributed by atoms with Crippen molar-refractivity contribution < 1.29 is 19.7 Å². The monoisotopic (exact) mass is 308 g/mol. The highest BCUT2D eigenvalue weighted by molar-refractivity contribution is 5.69. The highest BCUT2D eigenvalue weighted by atomic mass is 16.7. The summed E-state index contributed by atoms with van der Waals surface area (Å²) >= 11 is 0. The van der Waals surface area contributed by atoms with Crippen LogP contribution in [0.25, 0.3) is 11.1 Å². The first kappa shape index (κ1) is 16.1. The molecule has 0 atom stereocenters. The number of para-hydroxylation sites is 2. The summed E-state index contributed by atoms with van der Waals surface area (Å²) in [5.41, 5.74) is 1.92. The smallest absolute Gasteiger partial charge is 0.507 e. The molecule has 0 spiro atoms. The van der Waals surface area contributed by atoms with Gasteiger partial charge in [0.1, 0.15) is 11.5 Å². The predicted molar refractivity (Wildman–Crippen MR) is 88.6 cm³/mol. The number of ether oxygens (including phenoxy) is 1. The van der Waals surface area contributed by atoms with Gasteiger partial charge in [0.25, 0.3) is 0 Å². The van der Waals surface area contributed by atoms with Crippen LogP contribution in [0.5, 0.6) is 11.5 Å². The van der Waals surface area contributed by atoms with Crippen LogP contribution in [0, 0.1) is 0 Å². The largest absolute Gasteiger partial charge is 0.511 e. The Bertz CT molecular complexity index is 740. The summed E-state index contributed by atoms with van der Waals surface area (Å²) in [5.74, 6) is 0.670. The van der Waals surface area contributed by atoms with E-state index >= 15 is 0 Å². The Labute approximate surface area is 134 Å². The summed E-state index contributed by atoms with van der Waals surface area (Å²) in [5, 5.41) is 17.7. The molecule has 0 radical (unpaired) electrons. The number of carboxylic acid groups (broad SMARTS) is 1. The summed E-state index contributed by atoms with van der Waals surface area (Å²) in [6, 6.07) is 25.5. The third kappa shape index (κ3) is 5.21. The van der Waals surface area contributed by atoms with Gasteiger partial charge in [0.15, 0.2) is 0 Å². The molecule has 3 rings (SSSR count). The van der Waals surface area contributed by atoms with Gasteiger partial charge in [0, 0.05) is 5.56 Å². The van der Waals surface area contributed by atoms with Crippen LogP contribution < -0.4 is 4.74 Å². The van der Waals surface area contributed by atoms with Gasteiger partial charge in [-0.1, -0.05) is 66.7 Å². The number of benzene rings is 3. The second-order valence-electron chi connectivity index (χ2n) is 4.56. The Morgan fingerprint density at radius 2 is 1.26 bits per heavy atom. The zero-order chi connectivity index (χ0) is 16.5. The SMILES string of the molecule is O=C(O)Oc1ccccc1.Oc1ccccc1-c1ccccc1. The molecule has 116 valence electrons. The van der Waals surface area contributed by atoms with Gasteiger partial charge in [-0.15, -0.1) is 0 Å². The van der Waals surface area contributed by atoms with Crippen LogP contribution in [0.3, 0.4) is 0 Å². The summed E-state index contributed by atoms with van der Waals surface area (Å²) in [4.78, 5) is 9.95. The Hall–Kier alpha value is -3.27. The fraction of sp³-hybridized carbons (Fsp3) is 0. The molecular weight excluding hydrogens is 292 g/mol. The molecule has 0 fully saturated rings. The molecule has 0 saturated carbocycles. The zero-order valence-electron chi connectivity index (χ0n) is 12.3. The molecule has 0 aliphatic heterocycles. The third-order valence-electron chi connectivity index (χ3n) is 2.94. The molecule has 0 aliphatic carbocycles. The molecule has 0 unspecified atom stereocenters. The van der Waals surface area contributed by atoms with Crippen LogP contribution in [0.4, 0.5) is 4.79 Å². The Morgan fingerprint density at radius 1 is 0.739 bits per heavy atom. The molecule has 4 nitrogen and oxygen atoms in total. The molecule has 2 N–H and O–H groups in total. The number of rotatable bonds is 2. The van der Waals surface area contributed by atoms with E-state index in [1.54, 1.807) is 36.4 Å². The average molecular weight is 308 g/mol. The van der Waals surface area contributed by atoms with E-state index in [0.717, 1.165) is 11.1 Å². The van der Waals surface area contributed by atoms with Crippen LogP contribution in [-0.2, 0) is 0 Å². The van der Waals surface area contributed by atoms with Crippen molar-refractivity contribution in [2.75, 3.05) is 0 Å². The topological polar surface area (TPSA) is 66.8 Å². The normalized spacial score (nSPS) is 9.39. The molecule has 0 bridgehead atoms. The number of carbonyl (C=O) groups is 1. The van der Waals surface area contributed by atoms with Gasteiger partial charge < -0.3 is 14.9 Å². The highest BCUT2D eigenvalue weighted by Crippen LogP contribution is 2.27. The summed E-state index contributed by atoms with van der Waals surface area (Å²) in [7, 11) is 0. The van der Waals surface area contributed by atoms with E-state index in [-0.39, 0.29) is 0 Å². The van der Waals surface area contributed by atoms with Gasteiger partial charge in [-0.05, 0) is 23.8 Å². The van der Waals surface area contributed by atoms with Gasteiger partial charge in [-0.25, -0.2) is 4.79 Å². The number of hydrogen-bond acceptors (Lipinski definition) is 3. The van der Waals surface area contributed by atoms with Crippen LogP contribution in [-0.4, -0.2) is 16.4 Å². The zero-order valence-corrected chi connectivity index (χ0v) is 12.3. The molecule has 3 aromatic rings. The lowest BCUT2D eigenvalue weighted by Crippen LogP contribution is -2.02. The van der Waals surface area contributed by atoms with Crippen LogP contribution in [0.2, 0.25) is 0 Å². The minimum atomic E-state index is -1.29. The number of phenols is 1. The van der Waals surface area contributed by atoms with Gasteiger partial charge in [0.05, 0.1) is 0 Å². The minimum Gasteiger partial charge on any atom is -0.507 e. The maximum atomic E-state index is 9.95. The quantitative estimate of drug-likeness (QED) is 0.527. The maximum Gasteiger partial charge on any atom is 0.511 e. The lowest BCUT2D eigenvalue weighted by atomic mass is 10.1.